The second kappa shape index (κ2) is 7.80. The molecule has 0 aliphatic heterocycles. The van der Waals surface area contributed by atoms with Crippen LogP contribution < -0.4 is 29.1 Å². The van der Waals surface area contributed by atoms with Crippen LogP contribution in [0.25, 0.3) is 0 Å². The van der Waals surface area contributed by atoms with E-state index in [0.29, 0.717) is 0 Å². The van der Waals surface area contributed by atoms with Crippen molar-refractivity contribution in [2.75, 3.05) is 0 Å². The van der Waals surface area contributed by atoms with Crippen molar-refractivity contribution in [2.24, 2.45) is 0 Å². The molecule has 0 bridgehead atoms. The van der Waals surface area contributed by atoms with E-state index in [1.54, 1.807) is 0 Å². The van der Waals surface area contributed by atoms with Crippen molar-refractivity contribution < 1.29 is 70.6 Å². The molecule has 60 valence electrons. The number of hydrogen-bond donors (Lipinski definition) is 2. The molecule has 0 aliphatic rings. The molecule has 12 heavy (non-hydrogen) atoms. The molecule has 0 spiro atoms. The molecule has 0 amide bonds. The monoisotopic (exact) mass is 203 g/mol. The number of carboxylic acid groups (broad SMARTS) is 2. The van der Waals surface area contributed by atoms with Crippen LogP contribution in [0.5, 0.6) is 0 Å². The van der Waals surface area contributed by atoms with Crippen molar-refractivity contribution in [3.8, 4) is 0 Å². The molecular weight excluding hydrogens is 199 g/mol. The summed E-state index contributed by atoms with van der Waals surface area (Å²) in [5, 5.41) is 35.7. The van der Waals surface area contributed by atoms with Crippen LogP contribution in [0, 0.1) is 0 Å². The fourth-order valence-corrected chi connectivity index (χ4v) is 0.258. The molecule has 0 rings (SSSR count). The first-order chi connectivity index (χ1) is 4.46. The predicted molar refractivity (Wildman–Crippen MR) is 22.0 cm³/mol. The summed E-state index contributed by atoms with van der Waals surface area (Å²) in [6.07, 6.45) is -4.88. The van der Waals surface area contributed by atoms with Gasteiger partial charge in [-0.1, -0.05) is 0 Å². The van der Waals surface area contributed by atoms with Crippen molar-refractivity contribution in [3.05, 3.63) is 0 Å². The van der Waals surface area contributed by atoms with E-state index < -0.39 is 24.1 Å². The third-order valence-electron chi connectivity index (χ3n) is 0.782. The Morgan fingerprint density at radius 1 is 1.00 bits per heavy atom. The van der Waals surface area contributed by atoms with Crippen molar-refractivity contribution >= 4 is 11.9 Å². The maximum absolute atomic E-state index is 9.63. The van der Waals surface area contributed by atoms with Crippen LogP contribution in [-0.2, 0) is 31.3 Å². The van der Waals surface area contributed by atoms with E-state index in [1.807, 2.05) is 0 Å². The van der Waals surface area contributed by atoms with Gasteiger partial charge < -0.3 is 30.0 Å². The molecule has 8 heteroatoms. The summed E-state index contributed by atoms with van der Waals surface area (Å²) in [6.45, 7) is 0. The van der Waals surface area contributed by atoms with E-state index in [9.17, 15) is 19.8 Å². The Bertz CT molecular complexity index is 144. The number of aliphatic hydroxyl groups excluding tert-OH is 2. The topological polar surface area (TPSA) is 121 Å². The number of rotatable bonds is 3. The number of carbonyl (C=O) groups is 2. The smallest absolute Gasteiger partial charge is 0.547 e. The standard InChI is InChI=1S/C4H6O6.Li.Ti/c5-1(3(7)8)2(6)4(9)10;;/h1-2,5-6H,(H,7,8)(H,9,10);;/q;+1;+2/p-2. The average Bonchev–Trinajstić information content (AvgIpc) is 1.84. The van der Waals surface area contributed by atoms with Crippen LogP contribution in [0.1, 0.15) is 0 Å². The largest absolute Gasteiger partial charge is 2.00 e. The molecule has 0 saturated carbocycles. The number of aliphatic hydroxyl groups is 2. The van der Waals surface area contributed by atoms with Crippen LogP contribution >= 0.6 is 0 Å². The summed E-state index contributed by atoms with van der Waals surface area (Å²) in [4.78, 5) is 19.3. The van der Waals surface area contributed by atoms with E-state index in [2.05, 4.69) is 0 Å². The maximum atomic E-state index is 9.63. The van der Waals surface area contributed by atoms with E-state index >= 15 is 0 Å². The molecule has 6 nitrogen and oxygen atoms in total. The van der Waals surface area contributed by atoms with Gasteiger partial charge in [0.05, 0.1) is 11.9 Å². The molecule has 2 N–H and O–H groups in total. The third-order valence-corrected chi connectivity index (χ3v) is 0.782. The van der Waals surface area contributed by atoms with Gasteiger partial charge in [0.25, 0.3) is 0 Å². The number of carboxylic acids is 2. The quantitative estimate of drug-likeness (QED) is 0.439. The molecule has 0 heterocycles. The summed E-state index contributed by atoms with van der Waals surface area (Å²) in [6, 6.07) is 0. The molecule has 0 radical (unpaired) electrons. The van der Waals surface area contributed by atoms with Gasteiger partial charge in [0.15, 0.2) is 0 Å². The Morgan fingerprint density at radius 3 is 1.25 bits per heavy atom. The number of hydrogen-bond acceptors (Lipinski definition) is 6. The third kappa shape index (κ3) is 5.78. The minimum atomic E-state index is -2.44. The van der Waals surface area contributed by atoms with Gasteiger partial charge in [-0.25, -0.2) is 0 Å². The first-order valence-corrected chi connectivity index (χ1v) is 2.24. The molecule has 2 unspecified atom stereocenters. The molecular formula is C4H4LiO6Ti+. The number of carbonyl (C=O) groups excluding carboxylic acids is 2. The second-order valence-corrected chi connectivity index (χ2v) is 1.53. The summed E-state index contributed by atoms with van der Waals surface area (Å²) >= 11 is 0. The Kier molecular flexibility index (Phi) is 11.7. The minimum Gasteiger partial charge on any atom is -0.547 e. The SMILES string of the molecule is O=C([O-])C(O)C(O)C(=O)[O-].[Li+].[Ti+2]. The zero-order valence-electron chi connectivity index (χ0n) is 6.18. The zero-order valence-corrected chi connectivity index (χ0v) is 7.74. The molecule has 0 saturated heterocycles. The average molecular weight is 203 g/mol. The number of aliphatic carboxylic acids is 2. The minimum absolute atomic E-state index is 0. The first kappa shape index (κ1) is 18.1. The molecule has 2 atom stereocenters. The fraction of sp³-hybridized carbons (Fsp3) is 0.500. The summed E-state index contributed by atoms with van der Waals surface area (Å²) in [7, 11) is 0. The van der Waals surface area contributed by atoms with E-state index in [4.69, 9.17) is 10.2 Å². The Labute approximate surface area is 94.6 Å². The van der Waals surface area contributed by atoms with Crippen molar-refractivity contribution in [1.29, 1.82) is 0 Å². The second-order valence-electron chi connectivity index (χ2n) is 1.53. The molecule has 0 aromatic carbocycles. The van der Waals surface area contributed by atoms with Gasteiger partial charge in [-0.05, 0) is 0 Å². The molecule has 0 aromatic rings. The van der Waals surface area contributed by atoms with Crippen molar-refractivity contribution in [3.63, 3.8) is 0 Å². The Hall–Kier alpha value is 0.172. The van der Waals surface area contributed by atoms with E-state index in [1.165, 1.54) is 0 Å². The van der Waals surface area contributed by atoms with Gasteiger partial charge in [-0.2, -0.15) is 0 Å². The van der Waals surface area contributed by atoms with Crippen LogP contribution in [0.2, 0.25) is 0 Å². The van der Waals surface area contributed by atoms with Crippen LogP contribution in [0.15, 0.2) is 0 Å². The normalized spacial score (nSPS) is 13.2. The first-order valence-electron chi connectivity index (χ1n) is 2.24. The van der Waals surface area contributed by atoms with Crippen LogP contribution in [-0.4, -0.2) is 34.4 Å². The summed E-state index contributed by atoms with van der Waals surface area (Å²) < 4.78 is 0. The fourth-order valence-electron chi connectivity index (χ4n) is 0.258. The molecule has 0 aromatic heterocycles. The Balaban J connectivity index is -0.000000405. The summed E-state index contributed by atoms with van der Waals surface area (Å²) in [5.74, 6) is -4.12. The van der Waals surface area contributed by atoms with Gasteiger partial charge in [0, 0.05) is 0 Å². The van der Waals surface area contributed by atoms with Gasteiger partial charge in [-0.3, -0.25) is 0 Å². The maximum Gasteiger partial charge on any atom is 2.00 e. The van der Waals surface area contributed by atoms with Crippen molar-refractivity contribution in [1.82, 2.24) is 0 Å². The van der Waals surface area contributed by atoms with Crippen molar-refractivity contribution in [2.45, 2.75) is 12.2 Å². The Morgan fingerprint density at radius 2 is 1.17 bits per heavy atom. The van der Waals surface area contributed by atoms with E-state index in [-0.39, 0.29) is 40.6 Å². The summed E-state index contributed by atoms with van der Waals surface area (Å²) in [5.41, 5.74) is 0. The predicted octanol–water partition coefficient (Wildman–Crippen LogP) is -7.79. The van der Waals surface area contributed by atoms with Crippen LogP contribution in [0.3, 0.4) is 0 Å². The van der Waals surface area contributed by atoms with Gasteiger partial charge in [0.1, 0.15) is 12.2 Å². The van der Waals surface area contributed by atoms with Crippen LogP contribution in [0.4, 0.5) is 0 Å². The van der Waals surface area contributed by atoms with Gasteiger partial charge in [-0.15, -0.1) is 0 Å². The van der Waals surface area contributed by atoms with Gasteiger partial charge >= 0.3 is 40.6 Å². The van der Waals surface area contributed by atoms with E-state index in [0.717, 1.165) is 0 Å². The van der Waals surface area contributed by atoms with Gasteiger partial charge in [0.2, 0.25) is 0 Å². The molecule has 0 aliphatic carbocycles. The molecule has 0 fully saturated rings. The zero-order chi connectivity index (χ0) is 8.31.